The Morgan fingerprint density at radius 3 is 0.952 bits per heavy atom. The van der Waals surface area contributed by atoms with Crippen LogP contribution in [0.4, 0.5) is 0 Å². The Labute approximate surface area is 173 Å². The molecule has 0 radical (unpaired) electrons. The number of benzene rings is 2. The smallest absolute Gasteiger partial charge is 0.134 e. The Kier molecular flexibility index (Phi) is 29.2. The first-order valence-electron chi connectivity index (χ1n) is 4.48. The summed E-state index contributed by atoms with van der Waals surface area (Å²) in [4.78, 5) is 0. The van der Waals surface area contributed by atoms with E-state index in [0.29, 0.717) is 10.0 Å². The minimum Gasteiger partial charge on any atom is -1.00 e. The van der Waals surface area contributed by atoms with Crippen LogP contribution in [0.2, 0.25) is 10.0 Å². The van der Waals surface area contributed by atoms with Crippen molar-refractivity contribution in [3.63, 3.8) is 0 Å². The largest absolute Gasteiger partial charge is 1.00 e. The minimum atomic E-state index is 0. The zero-order chi connectivity index (χ0) is 12.0. The van der Waals surface area contributed by atoms with Crippen LogP contribution in [0.1, 0.15) is 0 Å². The number of phenolic OH excluding ortho intramolecular Hbond substituents is 2. The Morgan fingerprint density at radius 1 is 0.571 bits per heavy atom. The van der Waals surface area contributed by atoms with Crippen LogP contribution in [0.5, 0.6) is 11.5 Å². The van der Waals surface area contributed by atoms with E-state index in [9.17, 15) is 0 Å². The third-order valence-corrected chi connectivity index (χ3v) is 2.34. The normalized spacial score (nSPS) is 6.95. The van der Waals surface area contributed by atoms with E-state index >= 15 is 0 Å². The van der Waals surface area contributed by atoms with Gasteiger partial charge in [0.2, 0.25) is 0 Å². The third kappa shape index (κ3) is 13.8. The monoisotopic (exact) mass is 580 g/mol. The zero-order valence-corrected chi connectivity index (χ0v) is 17.7. The second kappa shape index (κ2) is 18.5. The number of aromatic hydroxyl groups is 2. The molecule has 2 nitrogen and oxygen atoms in total. The van der Waals surface area contributed by atoms with E-state index in [-0.39, 0.29) is 82.2 Å². The van der Waals surface area contributed by atoms with Crippen LogP contribution in [0.15, 0.2) is 48.5 Å². The van der Waals surface area contributed by atoms with Crippen LogP contribution < -0.4 is 49.6 Å². The number of phenols is 2. The third-order valence-electron chi connectivity index (χ3n) is 1.70. The van der Waals surface area contributed by atoms with Gasteiger partial charge in [0.15, 0.2) is 0 Å². The van der Waals surface area contributed by atoms with Crippen molar-refractivity contribution < 1.29 is 80.9 Å². The van der Waals surface area contributed by atoms with E-state index in [0.717, 1.165) is 0 Å². The first-order valence-corrected chi connectivity index (χ1v) is 5.24. The molecule has 2 aromatic carbocycles. The Hall–Kier alpha value is 0.468. The summed E-state index contributed by atoms with van der Waals surface area (Å²) in [5.74, 6) is 0.267. The fourth-order valence-corrected chi connectivity index (χ4v) is 1.17. The van der Waals surface area contributed by atoms with Gasteiger partial charge in [-0.05, 0) is 24.3 Å². The molecule has 0 fully saturated rings. The van der Waals surface area contributed by atoms with Crippen LogP contribution in [-0.4, -0.2) is 10.2 Å². The van der Waals surface area contributed by atoms with Crippen molar-refractivity contribution in [3.05, 3.63) is 58.6 Å². The van der Waals surface area contributed by atoms with Crippen molar-refractivity contribution in [1.82, 2.24) is 0 Å². The fraction of sp³-hybridized carbons (Fsp3) is 0. The van der Waals surface area contributed by atoms with Crippen molar-refractivity contribution in [2.45, 2.75) is 0 Å². The van der Waals surface area contributed by atoms with Crippen molar-refractivity contribution in [2.24, 2.45) is 0 Å². The summed E-state index contributed by atoms with van der Waals surface area (Å²) in [6, 6.07) is 13.3. The fourth-order valence-electron chi connectivity index (χ4n) is 0.903. The predicted octanol–water partition coefficient (Wildman–Crippen LogP) is -7.90. The summed E-state index contributed by atoms with van der Waals surface area (Å²) in [5, 5.41) is 18.4. The molecule has 0 unspecified atom stereocenters. The summed E-state index contributed by atoms with van der Waals surface area (Å²) >= 11 is 10.9. The molecule has 2 aromatic rings. The number of hydrogen-bond donors (Lipinski definition) is 2. The van der Waals surface area contributed by atoms with E-state index in [4.69, 9.17) is 33.4 Å². The van der Waals surface area contributed by atoms with Gasteiger partial charge in [0.25, 0.3) is 0 Å². The van der Waals surface area contributed by atoms with Gasteiger partial charge in [-0.15, -0.1) is 0 Å². The van der Waals surface area contributed by atoms with Crippen molar-refractivity contribution in [2.75, 3.05) is 0 Å². The average Bonchev–Trinajstić information content (AvgIpc) is 2.28. The van der Waals surface area contributed by atoms with Gasteiger partial charge in [0, 0.05) is 21.1 Å². The molecule has 0 atom stereocenters. The molecular formula is C12H10Cl6O2W-4. The van der Waals surface area contributed by atoms with Gasteiger partial charge in [0.05, 0.1) is 10.0 Å². The molecule has 0 heterocycles. The summed E-state index contributed by atoms with van der Waals surface area (Å²) in [6.07, 6.45) is 0. The second-order valence-electron chi connectivity index (χ2n) is 2.90. The summed E-state index contributed by atoms with van der Waals surface area (Å²) in [5.41, 5.74) is 0. The first-order chi connectivity index (χ1) is 7.61. The van der Waals surface area contributed by atoms with Crippen LogP contribution in [0.3, 0.4) is 0 Å². The molecule has 21 heavy (non-hydrogen) atoms. The molecule has 0 aliphatic carbocycles. The molecule has 0 aliphatic heterocycles. The second-order valence-corrected chi connectivity index (χ2v) is 3.72. The van der Waals surface area contributed by atoms with Gasteiger partial charge in [0.1, 0.15) is 11.5 Å². The number of rotatable bonds is 0. The Morgan fingerprint density at radius 2 is 0.810 bits per heavy atom. The van der Waals surface area contributed by atoms with E-state index < -0.39 is 0 Å². The number of para-hydroxylation sites is 2. The average molecular weight is 583 g/mol. The molecule has 0 amide bonds. The van der Waals surface area contributed by atoms with Crippen LogP contribution >= 0.6 is 23.2 Å². The Balaban J connectivity index is -0.0000000656. The van der Waals surface area contributed by atoms with Crippen molar-refractivity contribution >= 4 is 23.2 Å². The summed E-state index contributed by atoms with van der Waals surface area (Å²) in [6.45, 7) is 0. The molecule has 0 aliphatic rings. The summed E-state index contributed by atoms with van der Waals surface area (Å²) < 4.78 is 0. The maximum absolute atomic E-state index is 8.79. The standard InChI is InChI=1S/2C6H5ClO.4ClH.W/c2*7-5-3-1-2-4-6(5)8;;;;;/h2*1-4,8H;4*1H;/p-4. The van der Waals surface area contributed by atoms with Crippen molar-refractivity contribution in [1.29, 1.82) is 0 Å². The van der Waals surface area contributed by atoms with E-state index in [1.807, 2.05) is 0 Å². The molecule has 0 bridgehead atoms. The van der Waals surface area contributed by atoms with Crippen LogP contribution in [0, 0.1) is 0 Å². The molecule has 0 spiro atoms. The minimum absolute atomic E-state index is 0. The predicted molar refractivity (Wildman–Crippen MR) is 66.2 cm³/mol. The number of hydrogen-bond acceptors (Lipinski definition) is 2. The molecule has 2 rings (SSSR count). The Bertz CT molecular complexity index is 388. The van der Waals surface area contributed by atoms with E-state index in [1.165, 1.54) is 0 Å². The maximum atomic E-state index is 8.79. The van der Waals surface area contributed by atoms with Gasteiger partial charge in [-0.25, -0.2) is 0 Å². The SMILES string of the molecule is Oc1ccccc1Cl.Oc1ccccc1Cl.[Cl-].[Cl-].[Cl-].[Cl-].[W]. The maximum Gasteiger partial charge on any atom is 0.134 e. The molecule has 122 valence electrons. The molecule has 2 N–H and O–H groups in total. The molecule has 0 saturated carbocycles. The quantitative estimate of drug-likeness (QED) is 0.324. The van der Waals surface area contributed by atoms with Gasteiger partial charge in [-0.1, -0.05) is 47.5 Å². The van der Waals surface area contributed by atoms with Crippen LogP contribution in [0.25, 0.3) is 0 Å². The van der Waals surface area contributed by atoms with E-state index in [2.05, 4.69) is 0 Å². The number of halogens is 6. The van der Waals surface area contributed by atoms with E-state index in [1.54, 1.807) is 48.5 Å². The molecule has 0 aromatic heterocycles. The molecule has 9 heteroatoms. The summed E-state index contributed by atoms with van der Waals surface area (Å²) in [7, 11) is 0. The molecular weight excluding hydrogens is 573 g/mol. The zero-order valence-electron chi connectivity index (χ0n) is 10.2. The van der Waals surface area contributed by atoms with Gasteiger partial charge in [-0.2, -0.15) is 0 Å². The topological polar surface area (TPSA) is 40.5 Å². The van der Waals surface area contributed by atoms with Gasteiger partial charge < -0.3 is 59.8 Å². The van der Waals surface area contributed by atoms with Gasteiger partial charge >= 0.3 is 0 Å². The first kappa shape index (κ1) is 33.2. The molecule has 0 saturated heterocycles. The van der Waals surface area contributed by atoms with Gasteiger partial charge in [-0.3, -0.25) is 0 Å². The van der Waals surface area contributed by atoms with Crippen LogP contribution in [-0.2, 0) is 21.1 Å². The van der Waals surface area contributed by atoms with Crippen molar-refractivity contribution in [3.8, 4) is 11.5 Å².